The Labute approximate surface area is 107 Å². The van der Waals surface area contributed by atoms with Gasteiger partial charge in [-0.3, -0.25) is 0 Å². The molecule has 0 spiro atoms. The van der Waals surface area contributed by atoms with Crippen LogP contribution in [0.25, 0.3) is 11.1 Å². The monoisotopic (exact) mass is 288 g/mol. The van der Waals surface area contributed by atoms with Gasteiger partial charge in [0.1, 0.15) is 11.6 Å². The highest BCUT2D eigenvalue weighted by Crippen LogP contribution is 2.27. The quantitative estimate of drug-likeness (QED) is 0.792. The fourth-order valence-electron chi connectivity index (χ4n) is 1.55. The van der Waals surface area contributed by atoms with E-state index in [2.05, 4.69) is 0 Å². The van der Waals surface area contributed by atoms with Gasteiger partial charge >= 0.3 is 0 Å². The summed E-state index contributed by atoms with van der Waals surface area (Å²) in [5.74, 6) is -1.36. The molecule has 0 atom stereocenters. The lowest BCUT2D eigenvalue weighted by Crippen LogP contribution is -1.94. The van der Waals surface area contributed by atoms with E-state index < -0.39 is 25.6 Å². The maximum atomic E-state index is 13.5. The average Bonchev–Trinajstić information content (AvgIpc) is 2.27. The van der Waals surface area contributed by atoms with Crippen LogP contribution < -0.4 is 0 Å². The van der Waals surface area contributed by atoms with Gasteiger partial charge < -0.3 is 0 Å². The summed E-state index contributed by atoms with van der Waals surface area (Å²) in [5, 5.41) is 0. The fraction of sp³-hybridized carbons (Fsp3) is 0. The van der Waals surface area contributed by atoms with Gasteiger partial charge in [0, 0.05) is 16.2 Å². The lowest BCUT2D eigenvalue weighted by molar-refractivity contribution is 0.602. The molecule has 0 amide bonds. The SMILES string of the molecule is O=S(=O)(Cl)c1cc(F)cc(-c2ccccc2F)c1. The number of benzene rings is 2. The molecule has 2 aromatic carbocycles. The maximum absolute atomic E-state index is 13.5. The van der Waals surface area contributed by atoms with Crippen molar-refractivity contribution < 1.29 is 17.2 Å². The van der Waals surface area contributed by atoms with Crippen LogP contribution in [0.5, 0.6) is 0 Å². The summed E-state index contributed by atoms with van der Waals surface area (Å²) in [6, 6.07) is 8.64. The van der Waals surface area contributed by atoms with Crippen molar-refractivity contribution >= 4 is 19.7 Å². The summed E-state index contributed by atoms with van der Waals surface area (Å²) in [6.45, 7) is 0. The van der Waals surface area contributed by atoms with Crippen LogP contribution in [0.1, 0.15) is 0 Å². The highest BCUT2D eigenvalue weighted by Gasteiger charge is 2.14. The molecule has 0 aliphatic rings. The third-order valence-electron chi connectivity index (χ3n) is 2.34. The molecule has 2 rings (SSSR count). The number of rotatable bonds is 2. The number of hydrogen-bond acceptors (Lipinski definition) is 2. The van der Waals surface area contributed by atoms with Crippen molar-refractivity contribution in [2.45, 2.75) is 4.90 Å². The summed E-state index contributed by atoms with van der Waals surface area (Å²) in [4.78, 5) is -0.401. The molecule has 0 N–H and O–H groups in total. The Morgan fingerprint density at radius 3 is 2.28 bits per heavy atom. The first-order chi connectivity index (χ1) is 8.38. The van der Waals surface area contributed by atoms with Gasteiger partial charge in [0.05, 0.1) is 4.90 Å². The normalized spacial score (nSPS) is 11.5. The molecule has 2 aromatic rings. The van der Waals surface area contributed by atoms with E-state index in [0.717, 1.165) is 18.2 Å². The highest BCUT2D eigenvalue weighted by atomic mass is 35.7. The predicted octanol–water partition coefficient (Wildman–Crippen LogP) is 3.56. The standard InChI is InChI=1S/C12H7ClF2O2S/c13-18(16,17)10-6-8(5-9(14)7-10)11-3-1-2-4-12(11)15/h1-7H. The molecule has 18 heavy (non-hydrogen) atoms. The molecule has 6 heteroatoms. The fourth-order valence-corrected chi connectivity index (χ4v) is 2.34. The van der Waals surface area contributed by atoms with Crippen molar-refractivity contribution in [1.29, 1.82) is 0 Å². The van der Waals surface area contributed by atoms with Crippen LogP contribution in [-0.2, 0) is 9.05 Å². The number of hydrogen-bond donors (Lipinski definition) is 0. The topological polar surface area (TPSA) is 34.1 Å². The van der Waals surface area contributed by atoms with Crippen LogP contribution >= 0.6 is 10.7 Å². The smallest absolute Gasteiger partial charge is 0.207 e. The Kier molecular flexibility index (Phi) is 3.36. The van der Waals surface area contributed by atoms with Crippen LogP contribution in [0, 0.1) is 11.6 Å². The Morgan fingerprint density at radius 1 is 1.00 bits per heavy atom. The third kappa shape index (κ3) is 2.68. The van der Waals surface area contributed by atoms with Crippen LogP contribution in [0.15, 0.2) is 47.4 Å². The zero-order valence-electron chi connectivity index (χ0n) is 8.90. The first kappa shape index (κ1) is 13.0. The average molecular weight is 289 g/mol. The molecule has 0 saturated carbocycles. The van der Waals surface area contributed by atoms with Gasteiger partial charge in [-0.2, -0.15) is 0 Å². The van der Waals surface area contributed by atoms with Gasteiger partial charge in [0.25, 0.3) is 9.05 Å². The zero-order chi connectivity index (χ0) is 13.3. The van der Waals surface area contributed by atoms with Crippen LogP contribution in [0.4, 0.5) is 8.78 Å². The Morgan fingerprint density at radius 2 is 1.67 bits per heavy atom. The van der Waals surface area contributed by atoms with Gasteiger partial charge in [-0.05, 0) is 29.8 Å². The van der Waals surface area contributed by atoms with E-state index in [1.165, 1.54) is 18.2 Å². The Hall–Kier alpha value is -1.46. The molecule has 2 nitrogen and oxygen atoms in total. The van der Waals surface area contributed by atoms with Gasteiger partial charge in [-0.15, -0.1) is 0 Å². The van der Waals surface area contributed by atoms with Crippen LogP contribution in [0.2, 0.25) is 0 Å². The van der Waals surface area contributed by atoms with Crippen molar-refractivity contribution in [3.63, 3.8) is 0 Å². The molecule has 0 fully saturated rings. The third-order valence-corrected chi connectivity index (χ3v) is 3.67. The molecule has 0 aromatic heterocycles. The molecule has 0 aliphatic heterocycles. The molecule has 0 saturated heterocycles. The molecule has 0 heterocycles. The van der Waals surface area contributed by atoms with Gasteiger partial charge in [-0.25, -0.2) is 17.2 Å². The Bertz CT molecular complexity index is 699. The largest absolute Gasteiger partial charge is 0.261 e. The minimum absolute atomic E-state index is 0.110. The summed E-state index contributed by atoms with van der Waals surface area (Å²) < 4.78 is 49.2. The molecule has 94 valence electrons. The summed E-state index contributed by atoms with van der Waals surface area (Å²) in [7, 11) is 1.08. The minimum Gasteiger partial charge on any atom is -0.207 e. The zero-order valence-corrected chi connectivity index (χ0v) is 10.5. The molecule has 0 radical (unpaired) electrons. The molecule has 0 aliphatic carbocycles. The predicted molar refractivity (Wildman–Crippen MR) is 64.8 cm³/mol. The van der Waals surface area contributed by atoms with E-state index in [1.54, 1.807) is 6.07 Å². The number of halogens is 3. The second-order valence-corrected chi connectivity index (χ2v) is 6.16. The molecule has 0 bridgehead atoms. The second kappa shape index (κ2) is 4.66. The summed E-state index contributed by atoms with van der Waals surface area (Å²) in [6.07, 6.45) is 0. The summed E-state index contributed by atoms with van der Waals surface area (Å²) in [5.41, 5.74) is 0.228. The maximum Gasteiger partial charge on any atom is 0.261 e. The Balaban J connectivity index is 2.67. The van der Waals surface area contributed by atoms with Crippen LogP contribution in [0.3, 0.4) is 0 Å². The van der Waals surface area contributed by atoms with E-state index in [1.807, 2.05) is 0 Å². The van der Waals surface area contributed by atoms with E-state index in [-0.39, 0.29) is 11.1 Å². The van der Waals surface area contributed by atoms with E-state index in [0.29, 0.717) is 0 Å². The van der Waals surface area contributed by atoms with Crippen molar-refractivity contribution in [1.82, 2.24) is 0 Å². The molecular formula is C12H7ClF2O2S. The van der Waals surface area contributed by atoms with E-state index in [4.69, 9.17) is 10.7 Å². The van der Waals surface area contributed by atoms with Crippen molar-refractivity contribution in [3.8, 4) is 11.1 Å². The van der Waals surface area contributed by atoms with Crippen molar-refractivity contribution in [2.24, 2.45) is 0 Å². The minimum atomic E-state index is -4.06. The van der Waals surface area contributed by atoms with Crippen LogP contribution in [-0.4, -0.2) is 8.42 Å². The summed E-state index contributed by atoms with van der Waals surface area (Å²) >= 11 is 0. The van der Waals surface area contributed by atoms with E-state index >= 15 is 0 Å². The van der Waals surface area contributed by atoms with Crippen molar-refractivity contribution in [2.75, 3.05) is 0 Å². The molecular weight excluding hydrogens is 282 g/mol. The molecule has 0 unspecified atom stereocenters. The highest BCUT2D eigenvalue weighted by molar-refractivity contribution is 8.13. The van der Waals surface area contributed by atoms with Gasteiger partial charge in [0.2, 0.25) is 0 Å². The first-order valence-electron chi connectivity index (χ1n) is 4.88. The van der Waals surface area contributed by atoms with Gasteiger partial charge in [-0.1, -0.05) is 18.2 Å². The lowest BCUT2D eigenvalue weighted by Gasteiger charge is -2.05. The second-order valence-electron chi connectivity index (χ2n) is 3.59. The first-order valence-corrected chi connectivity index (χ1v) is 7.19. The van der Waals surface area contributed by atoms with Gasteiger partial charge in [0.15, 0.2) is 0 Å². The van der Waals surface area contributed by atoms with E-state index in [9.17, 15) is 17.2 Å². The van der Waals surface area contributed by atoms with Crippen molar-refractivity contribution in [3.05, 3.63) is 54.1 Å². The lowest BCUT2D eigenvalue weighted by atomic mass is 10.1.